The van der Waals surface area contributed by atoms with Crippen LogP contribution in [0.1, 0.15) is 78.6 Å². The number of fused-ring (bicyclic) bond motifs is 5. The first kappa shape index (κ1) is 20.1. The highest BCUT2D eigenvalue weighted by atomic mass is 16.3. The van der Waals surface area contributed by atoms with Crippen molar-refractivity contribution in [3.05, 3.63) is 12.2 Å². The summed E-state index contributed by atoms with van der Waals surface area (Å²) in [5.41, 5.74) is 1.72. The monoisotopic (exact) mass is 364 g/mol. The van der Waals surface area contributed by atoms with Crippen LogP contribution in [-0.2, 0) is 0 Å². The summed E-state index contributed by atoms with van der Waals surface area (Å²) in [7, 11) is 13.4. The van der Waals surface area contributed by atoms with Crippen molar-refractivity contribution in [3.8, 4) is 0 Å². The Labute approximate surface area is 170 Å². The molecule has 9 atom stereocenters. The predicted octanol–water partition coefficient (Wildman–Crippen LogP) is 5.50. The molecular formula is C24H38B2O. The summed E-state index contributed by atoms with van der Waals surface area (Å²) in [6.45, 7) is 11.9. The molecule has 4 aliphatic carbocycles. The van der Waals surface area contributed by atoms with E-state index in [4.69, 9.17) is 15.7 Å². The van der Waals surface area contributed by atoms with E-state index in [1.165, 1.54) is 51.4 Å². The third-order valence-electron chi connectivity index (χ3n) is 10.4. The molecule has 4 saturated carbocycles. The molecule has 0 aromatic carbocycles. The second kappa shape index (κ2) is 6.68. The number of hydrogen-bond acceptors (Lipinski definition) is 1. The minimum Gasteiger partial charge on any atom is -0.396 e. The van der Waals surface area contributed by atoms with E-state index in [0.717, 1.165) is 35.7 Å². The van der Waals surface area contributed by atoms with Gasteiger partial charge in [-0.3, -0.25) is 0 Å². The van der Waals surface area contributed by atoms with Crippen LogP contribution >= 0.6 is 0 Å². The van der Waals surface area contributed by atoms with Crippen molar-refractivity contribution in [2.45, 2.75) is 89.7 Å². The molecule has 0 amide bonds. The van der Waals surface area contributed by atoms with Crippen molar-refractivity contribution in [2.24, 2.45) is 40.4 Å². The summed E-state index contributed by atoms with van der Waals surface area (Å²) in [6.07, 6.45) is 11.4. The van der Waals surface area contributed by atoms with Gasteiger partial charge in [0.05, 0.1) is 15.7 Å². The van der Waals surface area contributed by atoms with Crippen molar-refractivity contribution in [1.82, 2.24) is 0 Å². The molecule has 0 aromatic rings. The van der Waals surface area contributed by atoms with Gasteiger partial charge < -0.3 is 5.11 Å². The van der Waals surface area contributed by atoms with E-state index in [-0.39, 0.29) is 16.5 Å². The fourth-order valence-electron chi connectivity index (χ4n) is 8.52. The fourth-order valence-corrected chi connectivity index (χ4v) is 8.52. The normalized spacial score (nSPS) is 53.1. The van der Waals surface area contributed by atoms with E-state index >= 15 is 0 Å². The Morgan fingerprint density at radius 2 is 1.78 bits per heavy atom. The fraction of sp³-hybridized carbons (Fsp3) is 0.917. The van der Waals surface area contributed by atoms with Gasteiger partial charge in [0, 0.05) is 6.61 Å². The van der Waals surface area contributed by atoms with E-state index in [1.54, 1.807) is 0 Å². The Morgan fingerprint density at radius 3 is 2.44 bits per heavy atom. The molecule has 0 bridgehead atoms. The number of allylic oxidation sites excluding steroid dienone is 1. The molecule has 3 heteroatoms. The highest BCUT2D eigenvalue weighted by Gasteiger charge is 2.63. The zero-order chi connectivity index (χ0) is 19.6. The van der Waals surface area contributed by atoms with Crippen molar-refractivity contribution < 1.29 is 5.11 Å². The molecule has 0 aliphatic heterocycles. The molecule has 1 N–H and O–H groups in total. The molecule has 27 heavy (non-hydrogen) atoms. The molecule has 4 aliphatic rings. The van der Waals surface area contributed by atoms with Crippen LogP contribution in [-0.4, -0.2) is 27.4 Å². The SMILES string of the molecule is [B]C(C)C(=C)C1([B])CCC2C3CCC4CC(CO)CCC4(C)C3CCC21C. The Kier molecular flexibility index (Phi) is 4.98. The lowest BCUT2D eigenvalue weighted by atomic mass is 9.39. The number of aliphatic hydroxyl groups excluding tert-OH is 1. The highest BCUT2D eigenvalue weighted by Crippen LogP contribution is 2.74. The first-order valence-corrected chi connectivity index (χ1v) is 11.5. The van der Waals surface area contributed by atoms with Crippen molar-refractivity contribution in [2.75, 3.05) is 6.61 Å². The first-order chi connectivity index (χ1) is 12.7. The largest absolute Gasteiger partial charge is 0.396 e. The Balaban J connectivity index is 1.61. The maximum absolute atomic E-state index is 9.68. The number of rotatable bonds is 3. The molecule has 1 nitrogen and oxygen atoms in total. The molecule has 0 saturated heterocycles. The third kappa shape index (κ3) is 2.69. The molecule has 0 aromatic heterocycles. The summed E-state index contributed by atoms with van der Waals surface area (Å²) in [6, 6.07) is 0. The summed E-state index contributed by atoms with van der Waals surface area (Å²) >= 11 is 0. The maximum Gasteiger partial charge on any atom is 0.0813 e. The van der Waals surface area contributed by atoms with Gasteiger partial charge in [-0.2, -0.15) is 0 Å². The standard InChI is InChI=1S/C24H38B2O/c1-15(16(2)25)24(26)12-9-21-19-6-5-18-13-17(14-27)7-10-22(18,3)20(19)8-11-23(21,24)4/h16-21,27H,1,5-14H2,2-4H3. The van der Waals surface area contributed by atoms with Gasteiger partial charge in [-0.15, -0.1) is 6.58 Å². The second-order valence-electron chi connectivity index (χ2n) is 11.3. The molecule has 4 radical (unpaired) electrons. The van der Waals surface area contributed by atoms with E-state index in [1.807, 2.05) is 6.92 Å². The Morgan fingerprint density at radius 1 is 1.07 bits per heavy atom. The van der Waals surface area contributed by atoms with Crippen LogP contribution in [0, 0.1) is 40.4 Å². The van der Waals surface area contributed by atoms with E-state index < -0.39 is 0 Å². The van der Waals surface area contributed by atoms with Gasteiger partial charge in [0.25, 0.3) is 0 Å². The highest BCUT2D eigenvalue weighted by molar-refractivity contribution is 6.21. The van der Waals surface area contributed by atoms with E-state index in [0.29, 0.717) is 17.9 Å². The van der Waals surface area contributed by atoms with Crippen molar-refractivity contribution >= 4 is 15.7 Å². The van der Waals surface area contributed by atoms with Crippen LogP contribution in [0.25, 0.3) is 0 Å². The lowest BCUT2D eigenvalue weighted by molar-refractivity contribution is -0.117. The molecule has 4 fully saturated rings. The van der Waals surface area contributed by atoms with Gasteiger partial charge in [-0.05, 0) is 97.1 Å². The third-order valence-corrected chi connectivity index (χ3v) is 10.4. The number of aliphatic hydroxyl groups is 1. The molecule has 0 heterocycles. The summed E-state index contributed by atoms with van der Waals surface area (Å²) in [5.74, 6) is 3.74. The topological polar surface area (TPSA) is 20.2 Å². The van der Waals surface area contributed by atoms with Crippen molar-refractivity contribution in [1.29, 1.82) is 0 Å². The van der Waals surface area contributed by atoms with Crippen LogP contribution < -0.4 is 0 Å². The summed E-state index contributed by atoms with van der Waals surface area (Å²) < 4.78 is 0. The first-order valence-electron chi connectivity index (χ1n) is 11.5. The van der Waals surface area contributed by atoms with Gasteiger partial charge in [0.1, 0.15) is 0 Å². The van der Waals surface area contributed by atoms with Crippen LogP contribution in [0.15, 0.2) is 12.2 Å². The molecule has 0 spiro atoms. The molecule has 4 rings (SSSR count). The average Bonchev–Trinajstić information content (AvgIpc) is 2.92. The van der Waals surface area contributed by atoms with Crippen LogP contribution in [0.3, 0.4) is 0 Å². The van der Waals surface area contributed by atoms with Crippen LogP contribution in [0.2, 0.25) is 11.1 Å². The van der Waals surface area contributed by atoms with Gasteiger partial charge in [-0.25, -0.2) is 0 Å². The minimum atomic E-state index is -0.289. The van der Waals surface area contributed by atoms with Gasteiger partial charge >= 0.3 is 0 Å². The lowest BCUT2D eigenvalue weighted by Gasteiger charge is -2.62. The van der Waals surface area contributed by atoms with Gasteiger partial charge in [0.2, 0.25) is 0 Å². The quantitative estimate of drug-likeness (QED) is 0.518. The zero-order valence-corrected chi connectivity index (χ0v) is 17.8. The number of hydrogen-bond donors (Lipinski definition) is 1. The second-order valence-corrected chi connectivity index (χ2v) is 11.3. The van der Waals surface area contributed by atoms with E-state index in [2.05, 4.69) is 20.4 Å². The lowest BCUT2D eigenvalue weighted by Crippen LogP contribution is -2.54. The summed E-state index contributed by atoms with van der Waals surface area (Å²) in [5, 5.41) is 9.39. The Hall–Kier alpha value is -0.170. The van der Waals surface area contributed by atoms with Crippen molar-refractivity contribution in [3.63, 3.8) is 0 Å². The van der Waals surface area contributed by atoms with E-state index in [9.17, 15) is 5.11 Å². The Bertz CT molecular complexity index is 603. The average molecular weight is 364 g/mol. The van der Waals surface area contributed by atoms with Gasteiger partial charge in [0.15, 0.2) is 0 Å². The van der Waals surface area contributed by atoms with Crippen LogP contribution in [0.5, 0.6) is 0 Å². The molecule has 146 valence electrons. The smallest absolute Gasteiger partial charge is 0.0813 e. The minimum absolute atomic E-state index is 0.0229. The maximum atomic E-state index is 9.68. The predicted molar refractivity (Wildman–Crippen MR) is 115 cm³/mol. The van der Waals surface area contributed by atoms with Crippen LogP contribution in [0.4, 0.5) is 0 Å². The zero-order valence-electron chi connectivity index (χ0n) is 17.8. The summed E-state index contributed by atoms with van der Waals surface area (Å²) in [4.78, 5) is 0. The molecular weight excluding hydrogens is 326 g/mol. The molecule has 9 unspecified atom stereocenters. The van der Waals surface area contributed by atoms with Gasteiger partial charge in [-0.1, -0.05) is 38.6 Å².